The van der Waals surface area contributed by atoms with E-state index in [9.17, 15) is 0 Å². The molecule has 1 saturated heterocycles. The topological polar surface area (TPSA) is 21.8 Å². The Hall–Kier alpha value is 0.420. The predicted octanol–water partition coefficient (Wildman–Crippen LogP) is 4.06. The van der Waals surface area contributed by atoms with Crippen molar-refractivity contribution < 1.29 is 9.47 Å². The molecular weight excluding hydrogens is 392 g/mol. The van der Waals surface area contributed by atoms with Crippen LogP contribution in [0.1, 0.15) is 5.56 Å². The van der Waals surface area contributed by atoms with Gasteiger partial charge in [0.1, 0.15) is 18.5 Å². The summed E-state index contributed by atoms with van der Waals surface area (Å²) in [5, 5.41) is 0. The van der Waals surface area contributed by atoms with E-state index in [2.05, 4.69) is 47.8 Å². The maximum Gasteiger partial charge on any atom is 0.137 e. The molecule has 5 heteroatoms. The molecule has 0 spiro atoms. The van der Waals surface area contributed by atoms with Crippen LogP contribution < -0.4 is 4.74 Å². The van der Waals surface area contributed by atoms with E-state index in [0.717, 1.165) is 31.3 Å². The standard InChI is InChI=1S/C10H9Br3O2/c1-5-2-7(11)8(12)9(13)10(5)15-4-6-3-14-6/h2,6H,3-4H2,1H3. The summed E-state index contributed by atoms with van der Waals surface area (Å²) in [5.41, 5.74) is 1.10. The first-order valence-electron chi connectivity index (χ1n) is 4.48. The largest absolute Gasteiger partial charge is 0.489 e. The molecule has 1 fully saturated rings. The lowest BCUT2D eigenvalue weighted by Crippen LogP contribution is -2.05. The second kappa shape index (κ2) is 4.73. The summed E-state index contributed by atoms with van der Waals surface area (Å²) >= 11 is 10.5. The molecule has 15 heavy (non-hydrogen) atoms. The van der Waals surface area contributed by atoms with Crippen molar-refractivity contribution in [3.05, 3.63) is 25.0 Å². The van der Waals surface area contributed by atoms with E-state index in [1.165, 1.54) is 0 Å². The highest BCUT2D eigenvalue weighted by molar-refractivity contribution is 9.14. The van der Waals surface area contributed by atoms with Crippen LogP contribution in [0.3, 0.4) is 0 Å². The van der Waals surface area contributed by atoms with Crippen LogP contribution in [0.2, 0.25) is 0 Å². The molecule has 0 radical (unpaired) electrons. The Morgan fingerprint density at radius 3 is 2.67 bits per heavy atom. The molecule has 1 atom stereocenters. The van der Waals surface area contributed by atoms with Crippen molar-refractivity contribution in [2.45, 2.75) is 13.0 Å². The minimum Gasteiger partial charge on any atom is -0.489 e. The van der Waals surface area contributed by atoms with Gasteiger partial charge in [-0.1, -0.05) is 0 Å². The lowest BCUT2D eigenvalue weighted by Gasteiger charge is -2.12. The molecule has 1 unspecified atom stereocenters. The third kappa shape index (κ3) is 2.75. The summed E-state index contributed by atoms with van der Waals surface area (Å²) in [7, 11) is 0. The molecule has 2 rings (SSSR count). The SMILES string of the molecule is Cc1cc(Br)c(Br)c(Br)c1OCC1CO1. The highest BCUT2D eigenvalue weighted by Gasteiger charge is 2.24. The first kappa shape index (κ1) is 11.9. The number of halogens is 3. The van der Waals surface area contributed by atoms with Crippen LogP contribution in [-0.4, -0.2) is 19.3 Å². The molecule has 1 aromatic rings. The molecule has 82 valence electrons. The first-order valence-corrected chi connectivity index (χ1v) is 6.86. The monoisotopic (exact) mass is 398 g/mol. The molecule has 1 aliphatic heterocycles. The van der Waals surface area contributed by atoms with Gasteiger partial charge in [-0.15, -0.1) is 0 Å². The Kier molecular flexibility index (Phi) is 3.75. The van der Waals surface area contributed by atoms with E-state index in [1.807, 2.05) is 13.0 Å². The average Bonchev–Trinajstić information content (AvgIpc) is 2.98. The number of ether oxygens (including phenoxy) is 2. The Labute approximate surface area is 114 Å². The van der Waals surface area contributed by atoms with Crippen LogP contribution in [0.5, 0.6) is 5.75 Å². The Morgan fingerprint density at radius 2 is 2.07 bits per heavy atom. The van der Waals surface area contributed by atoms with Crippen LogP contribution >= 0.6 is 47.8 Å². The van der Waals surface area contributed by atoms with Crippen molar-refractivity contribution in [2.24, 2.45) is 0 Å². The molecule has 0 N–H and O–H groups in total. The van der Waals surface area contributed by atoms with E-state index >= 15 is 0 Å². The molecule has 0 bridgehead atoms. The third-order valence-corrected chi connectivity index (χ3v) is 5.39. The molecule has 0 amide bonds. The molecule has 0 aliphatic carbocycles. The normalized spacial score (nSPS) is 19.1. The summed E-state index contributed by atoms with van der Waals surface area (Å²) in [6, 6.07) is 2.03. The minimum absolute atomic E-state index is 0.277. The van der Waals surface area contributed by atoms with Crippen molar-refractivity contribution in [3.8, 4) is 5.75 Å². The summed E-state index contributed by atoms with van der Waals surface area (Å²) in [4.78, 5) is 0. The second-order valence-electron chi connectivity index (χ2n) is 3.40. The van der Waals surface area contributed by atoms with E-state index in [-0.39, 0.29) is 6.10 Å². The average molecular weight is 401 g/mol. The lowest BCUT2D eigenvalue weighted by atomic mass is 10.2. The molecule has 1 heterocycles. The molecule has 0 aromatic heterocycles. The molecular formula is C10H9Br3O2. The maximum atomic E-state index is 5.70. The van der Waals surface area contributed by atoms with Crippen molar-refractivity contribution >= 4 is 47.8 Å². The summed E-state index contributed by atoms with van der Waals surface area (Å²) in [6.07, 6.45) is 0.277. The third-order valence-electron chi connectivity index (χ3n) is 2.12. The first-order chi connectivity index (χ1) is 7.09. The lowest BCUT2D eigenvalue weighted by molar-refractivity contribution is 0.260. The number of rotatable bonds is 3. The van der Waals surface area contributed by atoms with E-state index < -0.39 is 0 Å². The quantitative estimate of drug-likeness (QED) is 0.563. The molecule has 0 saturated carbocycles. The maximum absolute atomic E-state index is 5.70. The summed E-state index contributed by atoms with van der Waals surface area (Å²) < 4.78 is 13.7. The fourth-order valence-corrected chi connectivity index (χ4v) is 2.96. The summed E-state index contributed by atoms with van der Waals surface area (Å²) in [5.74, 6) is 0.876. The van der Waals surface area contributed by atoms with Gasteiger partial charge in [-0.25, -0.2) is 0 Å². The van der Waals surface area contributed by atoms with E-state index in [1.54, 1.807) is 0 Å². The van der Waals surface area contributed by atoms with Gasteiger partial charge < -0.3 is 9.47 Å². The zero-order valence-electron chi connectivity index (χ0n) is 8.02. The number of epoxide rings is 1. The smallest absolute Gasteiger partial charge is 0.137 e. The molecule has 1 aliphatic rings. The number of hydrogen-bond acceptors (Lipinski definition) is 2. The zero-order chi connectivity index (χ0) is 11.0. The van der Waals surface area contributed by atoms with Crippen molar-refractivity contribution in [1.82, 2.24) is 0 Å². The van der Waals surface area contributed by atoms with Crippen molar-refractivity contribution in [1.29, 1.82) is 0 Å². The second-order valence-corrected chi connectivity index (χ2v) is 5.84. The van der Waals surface area contributed by atoms with Gasteiger partial charge in [-0.3, -0.25) is 0 Å². The van der Waals surface area contributed by atoms with Gasteiger partial charge in [0.05, 0.1) is 11.1 Å². The van der Waals surface area contributed by atoms with Crippen LogP contribution in [0.4, 0.5) is 0 Å². The van der Waals surface area contributed by atoms with Crippen LogP contribution in [0.15, 0.2) is 19.5 Å². The highest BCUT2D eigenvalue weighted by atomic mass is 79.9. The fourth-order valence-electron chi connectivity index (χ4n) is 1.21. The number of benzene rings is 1. The van der Waals surface area contributed by atoms with E-state index in [4.69, 9.17) is 9.47 Å². The molecule has 1 aromatic carbocycles. The van der Waals surface area contributed by atoms with Gasteiger partial charge in [0.15, 0.2) is 0 Å². The van der Waals surface area contributed by atoms with Gasteiger partial charge in [-0.2, -0.15) is 0 Å². The van der Waals surface area contributed by atoms with Gasteiger partial charge in [0.2, 0.25) is 0 Å². The van der Waals surface area contributed by atoms with Gasteiger partial charge in [-0.05, 0) is 66.3 Å². The number of hydrogen-bond donors (Lipinski definition) is 0. The Morgan fingerprint density at radius 1 is 1.40 bits per heavy atom. The van der Waals surface area contributed by atoms with Crippen LogP contribution in [0.25, 0.3) is 0 Å². The predicted molar refractivity (Wildman–Crippen MR) is 69.5 cm³/mol. The zero-order valence-corrected chi connectivity index (χ0v) is 12.8. The minimum atomic E-state index is 0.277. The van der Waals surface area contributed by atoms with Crippen LogP contribution in [0, 0.1) is 6.92 Å². The molecule has 2 nitrogen and oxygen atoms in total. The van der Waals surface area contributed by atoms with Gasteiger partial charge in [0.25, 0.3) is 0 Å². The highest BCUT2D eigenvalue weighted by Crippen LogP contribution is 2.40. The van der Waals surface area contributed by atoms with E-state index in [0.29, 0.717) is 6.61 Å². The van der Waals surface area contributed by atoms with Gasteiger partial charge in [0, 0.05) is 8.95 Å². The van der Waals surface area contributed by atoms with Crippen molar-refractivity contribution in [3.63, 3.8) is 0 Å². The summed E-state index contributed by atoms with van der Waals surface area (Å²) in [6.45, 7) is 3.45. The Bertz CT molecular complexity index is 389. The van der Waals surface area contributed by atoms with Crippen LogP contribution in [-0.2, 0) is 4.74 Å². The van der Waals surface area contributed by atoms with Crippen molar-refractivity contribution in [2.75, 3.05) is 13.2 Å². The van der Waals surface area contributed by atoms with Gasteiger partial charge >= 0.3 is 0 Å². The Balaban J connectivity index is 2.23. The number of aryl methyl sites for hydroxylation is 1. The fraction of sp³-hybridized carbons (Fsp3) is 0.400.